The molecule has 3 saturated heterocycles. The minimum atomic E-state index is -1.26. The molecule has 11 nitrogen and oxygen atoms in total. The number of nitrogens with two attached hydrogens (primary N) is 2. The molecule has 1 aromatic heterocycles. The Bertz CT molecular complexity index is 1060. The van der Waals surface area contributed by atoms with Gasteiger partial charge in [0.15, 0.2) is 5.69 Å². The minimum absolute atomic E-state index is 0.00546. The Kier molecular flexibility index (Phi) is 8.03. The first-order valence-corrected chi connectivity index (χ1v) is 11.3. The normalized spacial score (nSPS) is 19.0. The summed E-state index contributed by atoms with van der Waals surface area (Å²) in [6.07, 6.45) is 1.19. The SMILES string of the molecule is CC(O)CN.Nc1cc(Cl)nc(C(=O)O)c1Cl.O=C1C=C(N2CC2)C(=O)C(N2CC2)=C1N1CC1. The quantitative estimate of drug-likeness (QED) is 0.241. The number of allylic oxidation sites excluding steroid dienone is 1. The van der Waals surface area contributed by atoms with E-state index in [9.17, 15) is 14.4 Å². The van der Waals surface area contributed by atoms with Crippen molar-refractivity contribution < 1.29 is 24.6 Å². The highest BCUT2D eigenvalue weighted by atomic mass is 35.5. The summed E-state index contributed by atoms with van der Waals surface area (Å²) in [4.78, 5) is 44.4. The number of nitrogens with zero attached hydrogens (tertiary/aromatic N) is 4. The number of rotatable bonds is 5. The molecular weight excluding hydrogens is 487 g/mol. The van der Waals surface area contributed by atoms with Gasteiger partial charge in [-0.15, -0.1) is 0 Å². The third kappa shape index (κ3) is 6.38. The van der Waals surface area contributed by atoms with Gasteiger partial charge < -0.3 is 36.4 Å². The molecule has 3 aliphatic heterocycles. The molecule has 0 saturated carbocycles. The number of hydrogen-bond acceptors (Lipinski definition) is 10. The zero-order valence-electron chi connectivity index (χ0n) is 18.5. The number of pyridine rings is 1. The van der Waals surface area contributed by atoms with Crippen LogP contribution >= 0.6 is 23.2 Å². The van der Waals surface area contributed by atoms with E-state index < -0.39 is 5.97 Å². The number of carboxylic acid groups (broad SMARTS) is 1. The lowest BCUT2D eigenvalue weighted by atomic mass is 10.0. The van der Waals surface area contributed by atoms with Crippen molar-refractivity contribution in [2.45, 2.75) is 13.0 Å². The second-order valence-corrected chi connectivity index (χ2v) is 8.73. The molecule has 1 unspecified atom stereocenters. The van der Waals surface area contributed by atoms with Gasteiger partial charge >= 0.3 is 5.97 Å². The fraction of sp³-hybridized carbons (Fsp3) is 0.429. The van der Waals surface area contributed by atoms with Crippen molar-refractivity contribution in [1.29, 1.82) is 0 Å². The molecule has 0 amide bonds. The number of Topliss-reactive ketones (excluding diaryl/α,β-unsaturated/α-hetero) is 1. The Labute approximate surface area is 206 Å². The lowest BCUT2D eigenvalue weighted by molar-refractivity contribution is -0.117. The van der Waals surface area contributed by atoms with Crippen LogP contribution in [0.25, 0.3) is 0 Å². The molecule has 184 valence electrons. The van der Waals surface area contributed by atoms with Gasteiger partial charge in [0, 0.05) is 51.9 Å². The van der Waals surface area contributed by atoms with Gasteiger partial charge in [0.05, 0.1) is 22.5 Å². The summed E-state index contributed by atoms with van der Waals surface area (Å²) >= 11 is 11.0. The van der Waals surface area contributed by atoms with Crippen LogP contribution in [0.1, 0.15) is 17.4 Å². The number of nitrogen functional groups attached to an aromatic ring is 1. The molecule has 0 radical (unpaired) electrons. The van der Waals surface area contributed by atoms with Crippen molar-refractivity contribution in [2.75, 3.05) is 51.5 Å². The number of aliphatic hydroxyl groups is 1. The van der Waals surface area contributed by atoms with Crippen LogP contribution in [0.2, 0.25) is 10.2 Å². The molecule has 34 heavy (non-hydrogen) atoms. The first-order valence-electron chi connectivity index (χ1n) is 10.6. The first kappa shape index (κ1) is 25.8. The lowest BCUT2D eigenvalue weighted by Gasteiger charge is -2.21. The van der Waals surface area contributed by atoms with Gasteiger partial charge in [-0.2, -0.15) is 0 Å². The van der Waals surface area contributed by atoms with E-state index >= 15 is 0 Å². The monoisotopic (exact) mass is 512 g/mol. The van der Waals surface area contributed by atoms with Crippen LogP contribution in [-0.2, 0) is 9.59 Å². The molecule has 5 rings (SSSR count). The summed E-state index contributed by atoms with van der Waals surface area (Å²) in [7, 11) is 0. The maximum Gasteiger partial charge on any atom is 0.356 e. The van der Waals surface area contributed by atoms with Crippen molar-refractivity contribution in [3.05, 3.63) is 45.1 Å². The van der Waals surface area contributed by atoms with Gasteiger partial charge in [-0.3, -0.25) is 9.59 Å². The van der Waals surface area contributed by atoms with E-state index in [0.717, 1.165) is 39.3 Å². The topological polar surface area (TPSA) is 166 Å². The van der Waals surface area contributed by atoms with Crippen molar-refractivity contribution >= 4 is 46.4 Å². The van der Waals surface area contributed by atoms with Gasteiger partial charge in [-0.1, -0.05) is 23.2 Å². The van der Waals surface area contributed by atoms with Crippen LogP contribution < -0.4 is 11.5 Å². The fourth-order valence-corrected chi connectivity index (χ4v) is 3.31. The first-order chi connectivity index (χ1) is 16.0. The average molecular weight is 513 g/mol. The largest absolute Gasteiger partial charge is 0.476 e. The van der Waals surface area contributed by atoms with Crippen molar-refractivity contribution in [3.8, 4) is 0 Å². The Hall–Kier alpha value is -2.86. The van der Waals surface area contributed by atoms with Crippen LogP contribution in [0.15, 0.2) is 29.2 Å². The number of anilines is 1. The third-order valence-corrected chi connectivity index (χ3v) is 5.58. The van der Waals surface area contributed by atoms with E-state index in [2.05, 4.69) is 4.98 Å². The number of hydrogen-bond donors (Lipinski definition) is 4. The van der Waals surface area contributed by atoms with Gasteiger partial charge in [0.25, 0.3) is 0 Å². The summed E-state index contributed by atoms with van der Waals surface area (Å²) in [6.45, 7) is 7.42. The van der Waals surface area contributed by atoms with Crippen molar-refractivity contribution in [2.24, 2.45) is 5.73 Å². The number of carbonyl (C=O) groups excluding carboxylic acids is 2. The zero-order chi connectivity index (χ0) is 25.2. The van der Waals surface area contributed by atoms with Gasteiger partial charge in [0.1, 0.15) is 16.5 Å². The van der Waals surface area contributed by atoms with Crippen molar-refractivity contribution in [3.63, 3.8) is 0 Å². The molecule has 4 aliphatic rings. The number of aliphatic hydroxyl groups excluding tert-OH is 1. The predicted molar refractivity (Wildman–Crippen MR) is 126 cm³/mol. The van der Waals surface area contributed by atoms with Crippen LogP contribution in [0, 0.1) is 0 Å². The van der Waals surface area contributed by atoms with Crippen LogP contribution in [-0.4, -0.2) is 99.3 Å². The van der Waals surface area contributed by atoms with Crippen molar-refractivity contribution in [1.82, 2.24) is 19.7 Å². The van der Waals surface area contributed by atoms with E-state index in [4.69, 9.17) is 44.9 Å². The molecule has 0 bridgehead atoms. The van der Waals surface area contributed by atoms with Crippen LogP contribution in [0.5, 0.6) is 0 Å². The molecule has 1 aliphatic carbocycles. The molecule has 0 spiro atoms. The van der Waals surface area contributed by atoms with E-state index in [1.807, 2.05) is 14.7 Å². The van der Waals surface area contributed by atoms with Gasteiger partial charge in [-0.25, -0.2) is 9.78 Å². The number of ketones is 2. The van der Waals surface area contributed by atoms with E-state index in [0.29, 0.717) is 23.6 Å². The highest BCUT2D eigenvalue weighted by Gasteiger charge is 2.43. The summed E-state index contributed by atoms with van der Waals surface area (Å²) in [6, 6.07) is 1.29. The van der Waals surface area contributed by atoms with E-state index in [1.165, 1.54) is 12.1 Å². The summed E-state index contributed by atoms with van der Waals surface area (Å²) in [5.74, 6) is -1.21. The molecule has 0 aromatic carbocycles. The number of aromatic carboxylic acids is 1. The molecule has 6 N–H and O–H groups in total. The lowest BCUT2D eigenvalue weighted by Crippen LogP contribution is -2.29. The number of carbonyl (C=O) groups is 3. The Morgan fingerprint density at radius 3 is 2.03 bits per heavy atom. The number of aromatic nitrogens is 1. The number of halogens is 2. The fourth-order valence-electron chi connectivity index (χ4n) is 2.93. The maximum absolute atomic E-state index is 12.4. The van der Waals surface area contributed by atoms with E-state index in [-0.39, 0.29) is 39.2 Å². The van der Waals surface area contributed by atoms with Crippen LogP contribution in [0.4, 0.5) is 5.69 Å². The highest BCUT2D eigenvalue weighted by Crippen LogP contribution is 2.34. The summed E-state index contributed by atoms with van der Waals surface area (Å²) in [5.41, 5.74) is 11.9. The Morgan fingerprint density at radius 1 is 1.09 bits per heavy atom. The summed E-state index contributed by atoms with van der Waals surface area (Å²) in [5, 5.41) is 16.7. The molecule has 13 heteroatoms. The third-order valence-electron chi connectivity index (χ3n) is 4.99. The number of carboxylic acids is 1. The van der Waals surface area contributed by atoms with Gasteiger partial charge in [0.2, 0.25) is 11.6 Å². The van der Waals surface area contributed by atoms with Crippen LogP contribution in [0.3, 0.4) is 0 Å². The molecule has 4 heterocycles. The van der Waals surface area contributed by atoms with Gasteiger partial charge in [-0.05, 0) is 13.0 Å². The minimum Gasteiger partial charge on any atom is -0.476 e. The second kappa shape index (κ2) is 10.6. The molecule has 3 fully saturated rings. The maximum atomic E-state index is 12.4. The Morgan fingerprint density at radius 2 is 1.59 bits per heavy atom. The highest BCUT2D eigenvalue weighted by molar-refractivity contribution is 6.36. The average Bonchev–Trinajstić information content (AvgIpc) is 3.63. The van der Waals surface area contributed by atoms with E-state index in [1.54, 1.807) is 6.92 Å². The smallest absolute Gasteiger partial charge is 0.356 e. The predicted octanol–water partition coefficient (Wildman–Crippen LogP) is 0.175. The molecule has 1 atom stereocenters. The molecular formula is C21H26Cl2N6O5. The summed E-state index contributed by atoms with van der Waals surface area (Å²) < 4.78 is 0. The Balaban J connectivity index is 0.000000167. The zero-order valence-corrected chi connectivity index (χ0v) is 20.0. The second-order valence-electron chi connectivity index (χ2n) is 7.97. The molecule has 1 aromatic rings. The standard InChI is InChI=1S/C12H13N3O2.C6H4Cl2N2O2.C3H9NO/c16-9-7-8(13-1-2-13)12(17)11(15-5-6-15)10(9)14-3-4-14;7-3-1-2(9)4(8)5(10-3)6(11)12;1-3(5)2-4/h7H,1-6H2;1H,(H2,9,10)(H,11,12);3,5H,2,4H2,1H3.